The molecule has 0 atom stereocenters. The van der Waals surface area contributed by atoms with E-state index < -0.39 is 0 Å². The van der Waals surface area contributed by atoms with Crippen LogP contribution < -0.4 is 0 Å². The van der Waals surface area contributed by atoms with E-state index in [0.717, 1.165) is 11.3 Å². The summed E-state index contributed by atoms with van der Waals surface area (Å²) in [4.78, 5) is 0. The first-order valence-electron chi connectivity index (χ1n) is 2.90. The molecule has 2 nitrogen and oxygen atoms in total. The van der Waals surface area contributed by atoms with Gasteiger partial charge < -0.3 is 0 Å². The fourth-order valence-electron chi connectivity index (χ4n) is 0.605. The van der Waals surface area contributed by atoms with Crippen molar-refractivity contribution in [2.75, 3.05) is 0 Å². The number of nitrogens with zero attached hydrogens (tertiary/aromatic N) is 2. The summed E-state index contributed by atoms with van der Waals surface area (Å²) in [6.45, 7) is 5.95. The van der Waals surface area contributed by atoms with E-state index in [4.69, 9.17) is 0 Å². The van der Waals surface area contributed by atoms with Crippen molar-refractivity contribution in [2.45, 2.75) is 20.8 Å². The predicted molar refractivity (Wildman–Crippen MR) is 35.1 cm³/mol. The van der Waals surface area contributed by atoms with Crippen molar-refractivity contribution in [2.24, 2.45) is 0 Å². The van der Waals surface area contributed by atoms with Gasteiger partial charge in [-0.25, -0.2) is 0 Å². The Kier molecular flexibility index (Phi) is 16.5. The number of aryl methyl sites for hydroxylation is 2. The van der Waals surface area contributed by atoms with Crippen molar-refractivity contribution >= 4 is 0 Å². The third-order valence-electron chi connectivity index (χ3n) is 1.52. The van der Waals surface area contributed by atoms with E-state index in [1.54, 1.807) is 0 Å². The molecule has 0 bridgehead atoms. The minimum Gasteiger partial charge on any atom is -0.267 e. The Morgan fingerprint density at radius 2 is 1.50 bits per heavy atom. The molecule has 0 aromatic carbocycles. The molecule has 0 saturated heterocycles. The molecule has 5 heteroatoms. The van der Waals surface area contributed by atoms with E-state index in [0.29, 0.717) is 0 Å². The minimum atomic E-state index is 0. The third-order valence-corrected chi connectivity index (χ3v) is 1.52. The van der Waals surface area contributed by atoms with Gasteiger partial charge in [-0.2, -0.15) is 16.2 Å². The Morgan fingerprint density at radius 1 is 1.00 bits per heavy atom. The van der Waals surface area contributed by atoms with Crippen LogP contribution >= 0.6 is 0 Å². The Labute approximate surface area is 149 Å². The van der Waals surface area contributed by atoms with Gasteiger partial charge in [0.2, 0.25) is 0 Å². The smallest absolute Gasteiger partial charge is 0 e. The van der Waals surface area contributed by atoms with E-state index in [-0.39, 0.29) is 98.1 Å². The predicted octanol–water partition coefficient (Wildman–Crippen LogP) is 1.19. The van der Waals surface area contributed by atoms with Crippen LogP contribution in [0.3, 0.4) is 0 Å². The van der Waals surface area contributed by atoms with E-state index in [1.807, 2.05) is 20.8 Å². The molecule has 0 spiro atoms. The number of hydrogen-bond donors (Lipinski definition) is 0. The van der Waals surface area contributed by atoms with Crippen LogP contribution in [0, 0.1) is 27.0 Å². The summed E-state index contributed by atoms with van der Waals surface area (Å²) in [6, 6.07) is 0. The van der Waals surface area contributed by atoms with Gasteiger partial charge in [-0.05, 0) is 12.6 Å². The van der Waals surface area contributed by atoms with Gasteiger partial charge in [0.05, 0.1) is 0 Å². The largest absolute Gasteiger partial charge is 0.267 e. The molecule has 12 heavy (non-hydrogen) atoms. The Balaban J connectivity index is -0.000000270. The molecule has 1 heterocycles. The average molecular weight is 388 g/mol. The normalized spacial score (nSPS) is 7.25. The molecule has 1 aromatic rings. The van der Waals surface area contributed by atoms with Gasteiger partial charge >= 0.3 is 0 Å². The molecule has 0 fully saturated rings. The minimum absolute atomic E-state index is 0. The number of aromatic nitrogens is 2. The quantitative estimate of drug-likeness (QED) is 0.625. The van der Waals surface area contributed by atoms with E-state index >= 15 is 0 Å². The first kappa shape index (κ1) is 19.9. The van der Waals surface area contributed by atoms with Crippen LogP contribution in [0.4, 0.5) is 0 Å². The van der Waals surface area contributed by atoms with Gasteiger partial charge in [-0.3, -0.25) is 5.10 Å². The molecule has 3 radical (unpaired) electrons. The first-order valence-corrected chi connectivity index (χ1v) is 2.90. The zero-order valence-corrected chi connectivity index (χ0v) is 16.1. The Morgan fingerprint density at radius 3 is 1.83 bits per heavy atom. The van der Waals surface area contributed by atoms with Crippen LogP contribution in [0.25, 0.3) is 0 Å². The van der Waals surface area contributed by atoms with Crippen molar-refractivity contribution in [1.82, 2.24) is 10.2 Å². The van der Waals surface area contributed by atoms with E-state index in [2.05, 4.69) is 16.4 Å². The first-order chi connectivity index (χ1) is 4.22. The molecular weight excluding hydrogens is 379 g/mol. The van der Waals surface area contributed by atoms with Crippen LogP contribution in [-0.4, -0.2) is 10.2 Å². The second kappa shape index (κ2) is 9.93. The summed E-state index contributed by atoms with van der Waals surface area (Å²) < 4.78 is 0. The molecule has 0 saturated carbocycles. The van der Waals surface area contributed by atoms with Gasteiger partial charge in [0.25, 0.3) is 0 Å². The topological polar surface area (TPSA) is 25.8 Å². The molecule has 0 aliphatic heterocycles. The van der Waals surface area contributed by atoms with Gasteiger partial charge in [0.15, 0.2) is 0 Å². The zero-order valence-electron chi connectivity index (χ0n) is 7.63. The van der Waals surface area contributed by atoms with Gasteiger partial charge in [0, 0.05) is 98.1 Å². The van der Waals surface area contributed by atoms with E-state index in [1.165, 1.54) is 5.56 Å². The van der Waals surface area contributed by atoms with Crippen LogP contribution in [0.1, 0.15) is 16.8 Å². The van der Waals surface area contributed by atoms with Crippen LogP contribution in [0.2, 0.25) is 0 Å². The van der Waals surface area contributed by atoms with Crippen LogP contribution in [-0.2, 0) is 98.1 Å². The average Bonchev–Trinajstić information content (AvgIpc) is 1.83. The van der Waals surface area contributed by atoms with Crippen LogP contribution in [0.15, 0.2) is 0 Å². The van der Waals surface area contributed by atoms with Crippen molar-refractivity contribution in [3.63, 3.8) is 0 Å². The second-order valence-corrected chi connectivity index (χ2v) is 2.15. The molecule has 57 valence electrons. The Hall–Kier alpha value is 2.39. The third kappa shape index (κ3) is 5.98. The molecule has 0 unspecified atom stereocenters. The molecule has 0 N–H and O–H groups in total. The summed E-state index contributed by atoms with van der Waals surface area (Å²) in [6.07, 6.45) is 2.78. The number of hydrogen-bond acceptors (Lipinski definition) is 2. The zero-order chi connectivity index (χ0) is 6.85. The molecular formula is C7H9N2Y3-. The van der Waals surface area contributed by atoms with E-state index in [9.17, 15) is 0 Å². The van der Waals surface area contributed by atoms with Crippen molar-refractivity contribution in [3.05, 3.63) is 23.0 Å². The van der Waals surface area contributed by atoms with Gasteiger partial charge in [0.1, 0.15) is 0 Å². The summed E-state index contributed by atoms with van der Waals surface area (Å²) in [7, 11) is 0. The SMILES string of the molecule is Cc1[c-]nnc(C)c1C.[Y].[Y].[Y]. The fraction of sp³-hybridized carbons (Fsp3) is 0.429. The number of rotatable bonds is 0. The van der Waals surface area contributed by atoms with Gasteiger partial charge in [-0.15, -0.1) is 13.1 Å². The summed E-state index contributed by atoms with van der Waals surface area (Å²) in [5.74, 6) is 0. The summed E-state index contributed by atoms with van der Waals surface area (Å²) in [5, 5.41) is 7.50. The summed E-state index contributed by atoms with van der Waals surface area (Å²) >= 11 is 0. The van der Waals surface area contributed by atoms with Gasteiger partial charge in [-0.1, -0.05) is 6.92 Å². The molecule has 0 aliphatic carbocycles. The van der Waals surface area contributed by atoms with Crippen molar-refractivity contribution in [3.8, 4) is 0 Å². The van der Waals surface area contributed by atoms with Crippen LogP contribution in [0.5, 0.6) is 0 Å². The maximum Gasteiger partial charge on any atom is 0 e. The van der Waals surface area contributed by atoms with Crippen molar-refractivity contribution < 1.29 is 98.1 Å². The fourth-order valence-corrected chi connectivity index (χ4v) is 0.605. The second-order valence-electron chi connectivity index (χ2n) is 2.15. The summed E-state index contributed by atoms with van der Waals surface area (Å²) in [5.41, 5.74) is 3.26. The Bertz CT molecular complexity index is 208. The standard InChI is InChI=1S/C7H9N2.3Y/c1-5-4-8-9-7(3)6(5)2;;;/h1-3H3;;;/q-1;;;. The maximum absolute atomic E-state index is 3.83. The molecule has 0 amide bonds. The monoisotopic (exact) mass is 388 g/mol. The molecule has 0 aliphatic rings. The molecule has 1 rings (SSSR count). The maximum atomic E-state index is 3.83. The molecule has 1 aromatic heterocycles. The van der Waals surface area contributed by atoms with Crippen molar-refractivity contribution in [1.29, 1.82) is 0 Å².